The van der Waals surface area contributed by atoms with Crippen molar-refractivity contribution >= 4 is 23.2 Å². The van der Waals surface area contributed by atoms with E-state index in [2.05, 4.69) is 15.4 Å². The second-order valence-electron chi connectivity index (χ2n) is 5.84. The van der Waals surface area contributed by atoms with Crippen LogP contribution in [0, 0.1) is 5.95 Å². The predicted octanol–water partition coefficient (Wildman–Crippen LogP) is 4.13. The number of hydrogen-bond acceptors (Lipinski definition) is 4. The van der Waals surface area contributed by atoms with Crippen molar-refractivity contribution in [2.75, 3.05) is 5.32 Å². The third-order valence-corrected chi connectivity index (χ3v) is 3.99. The Morgan fingerprint density at radius 3 is 2.57 bits per heavy atom. The molecule has 0 bridgehead atoms. The topological polar surface area (TPSA) is 80.0 Å². The van der Waals surface area contributed by atoms with Gasteiger partial charge in [0.05, 0.1) is 23.1 Å². The summed E-state index contributed by atoms with van der Waals surface area (Å²) in [5.74, 6) is -3.19. The zero-order valence-electron chi connectivity index (χ0n) is 14.0. The number of aliphatic hydroxyl groups is 1. The molecule has 0 aliphatic heterocycles. The van der Waals surface area contributed by atoms with Gasteiger partial charge in [-0.3, -0.25) is 4.79 Å². The number of aliphatic hydroxyl groups excluding tert-OH is 1. The number of pyridine rings is 1. The van der Waals surface area contributed by atoms with Crippen molar-refractivity contribution in [3.63, 3.8) is 0 Å². The number of hydrogen-bond donors (Lipinski definition) is 2. The first-order valence-electron chi connectivity index (χ1n) is 7.64. The number of rotatable bonds is 6. The number of alkyl halides is 5. The number of anilines is 1. The lowest BCUT2D eigenvalue weighted by Gasteiger charge is -2.19. The molecule has 0 saturated carbocycles. The molecule has 6 nitrogen and oxygen atoms in total. The average Bonchev–Trinajstić information content (AvgIpc) is 2.97. The first-order chi connectivity index (χ1) is 12.9. The van der Waals surface area contributed by atoms with E-state index in [1.54, 1.807) is 0 Å². The zero-order valence-corrected chi connectivity index (χ0v) is 14.8. The molecule has 1 unspecified atom stereocenters. The molecule has 0 radical (unpaired) electrons. The van der Waals surface area contributed by atoms with Crippen LogP contribution in [0.1, 0.15) is 41.9 Å². The van der Waals surface area contributed by atoms with Crippen molar-refractivity contribution in [2.24, 2.45) is 0 Å². The van der Waals surface area contributed by atoms with Gasteiger partial charge in [-0.15, -0.1) is 0 Å². The van der Waals surface area contributed by atoms with Crippen LogP contribution in [0.15, 0.2) is 18.5 Å². The maximum Gasteiger partial charge on any atom is 0.414 e. The summed E-state index contributed by atoms with van der Waals surface area (Å²) >= 11 is 5.67. The van der Waals surface area contributed by atoms with Crippen molar-refractivity contribution in [1.29, 1.82) is 0 Å². The van der Waals surface area contributed by atoms with E-state index < -0.39 is 48.7 Å². The monoisotopic (exact) mass is 430 g/mol. The minimum atomic E-state index is -4.87. The second kappa shape index (κ2) is 8.35. The molecule has 0 spiro atoms. The summed E-state index contributed by atoms with van der Waals surface area (Å²) in [4.78, 5) is 15.5. The number of aromatic nitrogens is 3. The fourth-order valence-corrected chi connectivity index (χ4v) is 2.51. The number of carbonyl (C=O) groups excluding carboxylic acids is 1. The van der Waals surface area contributed by atoms with Gasteiger partial charge in [0.25, 0.3) is 5.91 Å². The minimum Gasteiger partial charge on any atom is -0.384 e. The summed E-state index contributed by atoms with van der Waals surface area (Å²) < 4.78 is 76.6. The van der Waals surface area contributed by atoms with E-state index in [4.69, 9.17) is 16.7 Å². The third-order valence-electron chi connectivity index (χ3n) is 3.71. The highest BCUT2D eigenvalue weighted by atomic mass is 35.5. The molecular weight excluding hydrogens is 418 g/mol. The Morgan fingerprint density at radius 2 is 2.04 bits per heavy atom. The normalized spacial score (nSPS) is 14.2. The Balaban J connectivity index is 2.20. The Labute approximate surface area is 159 Å². The summed E-state index contributed by atoms with van der Waals surface area (Å²) in [6, 6.07) is 1.02. The summed E-state index contributed by atoms with van der Waals surface area (Å²) in [7, 11) is 0. The van der Waals surface area contributed by atoms with Crippen LogP contribution in [0.4, 0.5) is 32.0 Å². The van der Waals surface area contributed by atoms with Gasteiger partial charge in [-0.2, -0.15) is 31.4 Å². The lowest BCUT2D eigenvalue weighted by molar-refractivity contribution is -0.206. The Hall–Kier alpha value is -2.34. The van der Waals surface area contributed by atoms with E-state index in [-0.39, 0.29) is 21.0 Å². The molecule has 1 amide bonds. The molecule has 0 fully saturated rings. The van der Waals surface area contributed by atoms with Crippen LogP contribution in [-0.2, 0) is 0 Å². The lowest BCUT2D eigenvalue weighted by Crippen LogP contribution is -2.30. The van der Waals surface area contributed by atoms with Gasteiger partial charge in [0.1, 0.15) is 6.10 Å². The van der Waals surface area contributed by atoms with Gasteiger partial charge >= 0.3 is 12.7 Å². The SMILES string of the molecule is C[C@H](CC(O)C(F)(F)F)c1cc(NC(=O)c2nn(C(F)F)cc2Cl)cnc1F. The van der Waals surface area contributed by atoms with Crippen LogP contribution >= 0.6 is 11.6 Å². The Morgan fingerprint density at radius 1 is 1.39 bits per heavy atom. The van der Waals surface area contributed by atoms with Crippen LogP contribution in [0.5, 0.6) is 0 Å². The van der Waals surface area contributed by atoms with Crippen molar-refractivity contribution in [2.45, 2.75) is 38.1 Å². The van der Waals surface area contributed by atoms with E-state index in [1.807, 2.05) is 0 Å². The maximum atomic E-state index is 13.9. The zero-order chi connectivity index (χ0) is 21.2. The molecule has 0 saturated heterocycles. The highest BCUT2D eigenvalue weighted by Crippen LogP contribution is 2.31. The molecule has 0 aliphatic carbocycles. The third kappa shape index (κ3) is 5.13. The molecule has 0 aromatic carbocycles. The molecule has 2 aromatic rings. The lowest BCUT2D eigenvalue weighted by atomic mass is 9.95. The molecule has 2 N–H and O–H groups in total. The van der Waals surface area contributed by atoms with Gasteiger partial charge in [0.15, 0.2) is 5.69 Å². The first-order valence-corrected chi connectivity index (χ1v) is 8.02. The van der Waals surface area contributed by atoms with Crippen LogP contribution in [0.25, 0.3) is 0 Å². The number of nitrogens with one attached hydrogen (secondary N) is 1. The summed E-state index contributed by atoms with van der Waals surface area (Å²) in [5.41, 5.74) is -0.948. The van der Waals surface area contributed by atoms with Crippen LogP contribution < -0.4 is 5.32 Å². The fourth-order valence-electron chi connectivity index (χ4n) is 2.29. The minimum absolute atomic E-state index is 0.127. The van der Waals surface area contributed by atoms with E-state index in [0.29, 0.717) is 0 Å². The van der Waals surface area contributed by atoms with Crippen LogP contribution in [0.3, 0.4) is 0 Å². The molecule has 0 aliphatic rings. The first kappa shape index (κ1) is 22.0. The quantitative estimate of drug-likeness (QED) is 0.533. The van der Waals surface area contributed by atoms with Gasteiger partial charge in [0, 0.05) is 5.56 Å². The summed E-state index contributed by atoms with van der Waals surface area (Å²) in [5, 5.41) is 14.3. The molecule has 13 heteroatoms. The standard InChI is InChI=1S/C15H13ClF6N4O2/c1-6(2-10(27)15(20,21)22)8-3-7(4-23-12(8)17)24-13(28)11-9(16)5-26(25-11)14(18)19/h3-6,10,14,27H,2H2,1H3,(H,24,28)/t6-,10?/m1/s1. The van der Waals surface area contributed by atoms with Crippen molar-refractivity contribution in [3.05, 3.63) is 40.7 Å². The van der Waals surface area contributed by atoms with E-state index in [9.17, 15) is 31.1 Å². The molecule has 2 rings (SSSR count). The largest absolute Gasteiger partial charge is 0.414 e. The van der Waals surface area contributed by atoms with Crippen LogP contribution in [0.2, 0.25) is 5.02 Å². The van der Waals surface area contributed by atoms with E-state index >= 15 is 0 Å². The van der Waals surface area contributed by atoms with Crippen molar-refractivity contribution in [1.82, 2.24) is 14.8 Å². The molecule has 2 atom stereocenters. The smallest absolute Gasteiger partial charge is 0.384 e. The molecule has 2 heterocycles. The van der Waals surface area contributed by atoms with Gasteiger partial charge in [-0.25, -0.2) is 9.67 Å². The number of amides is 1. The molecule has 2 aromatic heterocycles. The number of halogens is 7. The van der Waals surface area contributed by atoms with Gasteiger partial charge in [0.2, 0.25) is 5.95 Å². The van der Waals surface area contributed by atoms with Gasteiger partial charge < -0.3 is 10.4 Å². The Bertz CT molecular complexity index is 858. The van der Waals surface area contributed by atoms with Crippen molar-refractivity contribution in [3.8, 4) is 0 Å². The average molecular weight is 431 g/mol. The van der Waals surface area contributed by atoms with Crippen molar-refractivity contribution < 1.29 is 36.2 Å². The number of carbonyl (C=O) groups is 1. The molecular formula is C15H13ClF6N4O2. The fraction of sp³-hybridized carbons (Fsp3) is 0.400. The summed E-state index contributed by atoms with van der Waals surface area (Å²) in [6.07, 6.45) is -6.76. The van der Waals surface area contributed by atoms with E-state index in [1.165, 1.54) is 6.92 Å². The van der Waals surface area contributed by atoms with Crippen LogP contribution in [-0.4, -0.2) is 38.1 Å². The van der Waals surface area contributed by atoms with Gasteiger partial charge in [-0.1, -0.05) is 18.5 Å². The molecule has 28 heavy (non-hydrogen) atoms. The highest BCUT2D eigenvalue weighted by Gasteiger charge is 2.39. The second-order valence-corrected chi connectivity index (χ2v) is 6.24. The van der Waals surface area contributed by atoms with Gasteiger partial charge in [-0.05, 0) is 18.4 Å². The maximum absolute atomic E-state index is 13.9. The summed E-state index contributed by atoms with van der Waals surface area (Å²) in [6.45, 7) is -1.79. The Kier molecular flexibility index (Phi) is 6.55. The predicted molar refractivity (Wildman–Crippen MR) is 85.7 cm³/mol. The number of nitrogens with zero attached hydrogens (tertiary/aromatic N) is 3. The molecule has 154 valence electrons. The van der Waals surface area contributed by atoms with E-state index in [0.717, 1.165) is 18.5 Å². The highest BCUT2D eigenvalue weighted by molar-refractivity contribution is 6.34.